The lowest BCUT2D eigenvalue weighted by Crippen LogP contribution is -2.50. The molecule has 0 aromatic carbocycles. The largest absolute Gasteiger partial charge is 0.480 e. The van der Waals surface area contributed by atoms with Crippen molar-refractivity contribution < 1.29 is 9.90 Å². The second-order valence-corrected chi connectivity index (χ2v) is 4.93. The van der Waals surface area contributed by atoms with Crippen LogP contribution in [0.1, 0.15) is 39.0 Å². The van der Waals surface area contributed by atoms with E-state index in [1.807, 2.05) is 6.92 Å². The monoisotopic (exact) mass is 197 g/mol. The van der Waals surface area contributed by atoms with Crippen LogP contribution < -0.4 is 0 Å². The van der Waals surface area contributed by atoms with Gasteiger partial charge >= 0.3 is 5.97 Å². The van der Waals surface area contributed by atoms with Crippen molar-refractivity contribution in [2.24, 2.45) is 5.92 Å². The number of likely N-dealkylation sites (tertiary alicyclic amines) is 1. The maximum absolute atomic E-state index is 11.2. The molecule has 2 rings (SSSR count). The highest BCUT2D eigenvalue weighted by Crippen LogP contribution is 2.34. The van der Waals surface area contributed by atoms with Gasteiger partial charge in [0, 0.05) is 6.54 Å². The lowest BCUT2D eigenvalue weighted by atomic mass is 9.84. The van der Waals surface area contributed by atoms with Gasteiger partial charge in [-0.2, -0.15) is 0 Å². The van der Waals surface area contributed by atoms with Crippen molar-refractivity contribution in [1.29, 1.82) is 0 Å². The molecular formula is C11H19NO2. The van der Waals surface area contributed by atoms with Crippen molar-refractivity contribution >= 4 is 5.97 Å². The molecular weight excluding hydrogens is 178 g/mol. The van der Waals surface area contributed by atoms with Gasteiger partial charge in [-0.1, -0.05) is 6.42 Å². The van der Waals surface area contributed by atoms with Crippen LogP contribution in [0.3, 0.4) is 0 Å². The molecule has 0 aromatic rings. The van der Waals surface area contributed by atoms with Gasteiger partial charge < -0.3 is 5.11 Å². The zero-order valence-corrected chi connectivity index (χ0v) is 8.83. The van der Waals surface area contributed by atoms with E-state index in [4.69, 9.17) is 0 Å². The Hall–Kier alpha value is -0.570. The summed E-state index contributed by atoms with van der Waals surface area (Å²) in [5.41, 5.74) is -0.574. The van der Waals surface area contributed by atoms with Crippen LogP contribution in [0.5, 0.6) is 0 Å². The summed E-state index contributed by atoms with van der Waals surface area (Å²) in [5.74, 6) is 0.126. The van der Waals surface area contributed by atoms with Crippen molar-refractivity contribution in [2.45, 2.75) is 44.6 Å². The third-order valence-corrected chi connectivity index (χ3v) is 3.95. The van der Waals surface area contributed by atoms with E-state index in [0.29, 0.717) is 0 Å². The minimum atomic E-state index is -0.644. The maximum Gasteiger partial charge on any atom is 0.323 e. The lowest BCUT2D eigenvalue weighted by molar-refractivity contribution is -0.149. The van der Waals surface area contributed by atoms with Gasteiger partial charge in [-0.15, -0.1) is 0 Å². The van der Waals surface area contributed by atoms with Crippen LogP contribution in [0, 0.1) is 5.92 Å². The summed E-state index contributed by atoms with van der Waals surface area (Å²) >= 11 is 0. The maximum atomic E-state index is 11.2. The summed E-state index contributed by atoms with van der Waals surface area (Å²) < 4.78 is 0. The van der Waals surface area contributed by atoms with Crippen molar-refractivity contribution in [3.8, 4) is 0 Å². The number of hydrogen-bond acceptors (Lipinski definition) is 2. The fourth-order valence-electron chi connectivity index (χ4n) is 2.54. The van der Waals surface area contributed by atoms with Gasteiger partial charge in [-0.25, -0.2) is 0 Å². The number of rotatable bonds is 3. The first-order chi connectivity index (χ1) is 6.63. The zero-order valence-electron chi connectivity index (χ0n) is 8.83. The molecule has 0 aromatic heterocycles. The molecule has 0 bridgehead atoms. The normalized spacial score (nSPS) is 34.4. The molecule has 3 nitrogen and oxygen atoms in total. The number of carboxylic acid groups (broad SMARTS) is 1. The van der Waals surface area contributed by atoms with Crippen LogP contribution in [-0.4, -0.2) is 34.6 Å². The first-order valence-electron chi connectivity index (χ1n) is 5.61. The molecule has 1 aliphatic carbocycles. The molecule has 1 heterocycles. The molecule has 0 spiro atoms. The van der Waals surface area contributed by atoms with Crippen LogP contribution in [-0.2, 0) is 4.79 Å². The van der Waals surface area contributed by atoms with E-state index in [2.05, 4.69) is 4.90 Å². The molecule has 1 saturated carbocycles. The third-order valence-electron chi connectivity index (χ3n) is 3.95. The summed E-state index contributed by atoms with van der Waals surface area (Å²) in [5, 5.41) is 9.20. The van der Waals surface area contributed by atoms with E-state index in [9.17, 15) is 9.90 Å². The van der Waals surface area contributed by atoms with E-state index in [1.165, 1.54) is 19.3 Å². The van der Waals surface area contributed by atoms with Gasteiger partial charge in [0.2, 0.25) is 0 Å². The molecule has 14 heavy (non-hydrogen) atoms. The van der Waals surface area contributed by atoms with E-state index in [0.717, 1.165) is 31.8 Å². The molecule has 80 valence electrons. The average molecular weight is 197 g/mol. The van der Waals surface area contributed by atoms with Gasteiger partial charge in [-0.3, -0.25) is 9.69 Å². The van der Waals surface area contributed by atoms with Gasteiger partial charge in [0.1, 0.15) is 5.54 Å². The summed E-state index contributed by atoms with van der Waals surface area (Å²) in [4.78, 5) is 13.4. The molecule has 1 unspecified atom stereocenters. The smallest absolute Gasteiger partial charge is 0.323 e. The standard InChI is InChI=1S/C11H19NO2/c1-11(10(13)14)6-3-7-12(11)8-9-4-2-5-9/h9H,2-8H2,1H3,(H,13,14). The first-order valence-corrected chi connectivity index (χ1v) is 5.61. The predicted molar refractivity (Wildman–Crippen MR) is 54.2 cm³/mol. The Kier molecular flexibility index (Phi) is 2.52. The van der Waals surface area contributed by atoms with Crippen LogP contribution in [0.4, 0.5) is 0 Å². The summed E-state index contributed by atoms with van der Waals surface area (Å²) in [6.45, 7) is 3.85. The molecule has 1 atom stereocenters. The molecule has 2 aliphatic rings. The Bertz CT molecular complexity index is 237. The summed E-state index contributed by atoms with van der Waals surface area (Å²) in [6.07, 6.45) is 5.78. The van der Waals surface area contributed by atoms with Crippen LogP contribution in [0.2, 0.25) is 0 Å². The summed E-state index contributed by atoms with van der Waals surface area (Å²) in [7, 11) is 0. The summed E-state index contributed by atoms with van der Waals surface area (Å²) in [6, 6.07) is 0. The topological polar surface area (TPSA) is 40.5 Å². The van der Waals surface area contributed by atoms with E-state index < -0.39 is 11.5 Å². The lowest BCUT2D eigenvalue weighted by Gasteiger charge is -2.37. The van der Waals surface area contributed by atoms with E-state index >= 15 is 0 Å². The fraction of sp³-hybridized carbons (Fsp3) is 0.909. The van der Waals surface area contributed by atoms with E-state index in [1.54, 1.807) is 0 Å². The number of carbonyl (C=O) groups is 1. The number of carboxylic acids is 1. The minimum Gasteiger partial charge on any atom is -0.480 e. The van der Waals surface area contributed by atoms with Crippen LogP contribution >= 0.6 is 0 Å². The van der Waals surface area contributed by atoms with Crippen molar-refractivity contribution in [2.75, 3.05) is 13.1 Å². The van der Waals surface area contributed by atoms with E-state index in [-0.39, 0.29) is 0 Å². The van der Waals surface area contributed by atoms with Crippen molar-refractivity contribution in [3.63, 3.8) is 0 Å². The number of nitrogens with zero attached hydrogens (tertiary/aromatic N) is 1. The van der Waals surface area contributed by atoms with Gasteiger partial charge in [-0.05, 0) is 45.1 Å². The highest BCUT2D eigenvalue weighted by molar-refractivity contribution is 5.78. The SMILES string of the molecule is CC1(C(=O)O)CCCN1CC1CCC1. The van der Waals surface area contributed by atoms with Gasteiger partial charge in [0.05, 0.1) is 0 Å². The van der Waals surface area contributed by atoms with Gasteiger partial charge in [0.15, 0.2) is 0 Å². The molecule has 0 radical (unpaired) electrons. The Balaban J connectivity index is 1.98. The predicted octanol–water partition coefficient (Wildman–Crippen LogP) is 1.73. The number of hydrogen-bond donors (Lipinski definition) is 1. The molecule has 1 N–H and O–H groups in total. The highest BCUT2D eigenvalue weighted by atomic mass is 16.4. The molecule has 0 amide bonds. The molecule has 1 saturated heterocycles. The zero-order chi connectivity index (χ0) is 10.2. The average Bonchev–Trinajstić information content (AvgIpc) is 2.41. The van der Waals surface area contributed by atoms with Gasteiger partial charge in [0.25, 0.3) is 0 Å². The highest BCUT2D eigenvalue weighted by Gasteiger charge is 2.44. The number of aliphatic carboxylic acids is 1. The minimum absolute atomic E-state index is 0.574. The van der Waals surface area contributed by atoms with Crippen LogP contribution in [0.15, 0.2) is 0 Å². The Morgan fingerprint density at radius 3 is 2.71 bits per heavy atom. The molecule has 2 fully saturated rings. The Morgan fingerprint density at radius 2 is 2.21 bits per heavy atom. The Labute approximate surface area is 85.1 Å². The second kappa shape index (κ2) is 3.54. The quantitative estimate of drug-likeness (QED) is 0.749. The second-order valence-electron chi connectivity index (χ2n) is 4.93. The van der Waals surface area contributed by atoms with Crippen molar-refractivity contribution in [1.82, 2.24) is 4.90 Å². The van der Waals surface area contributed by atoms with Crippen molar-refractivity contribution in [3.05, 3.63) is 0 Å². The Morgan fingerprint density at radius 1 is 1.50 bits per heavy atom. The fourth-order valence-corrected chi connectivity index (χ4v) is 2.54. The molecule has 1 aliphatic heterocycles. The van der Waals surface area contributed by atoms with Crippen LogP contribution in [0.25, 0.3) is 0 Å². The molecule has 3 heteroatoms. The third kappa shape index (κ3) is 1.54. The first kappa shape index (κ1) is 9.97.